The summed E-state index contributed by atoms with van der Waals surface area (Å²) in [4.78, 5) is 7.24. The molecule has 0 amide bonds. The van der Waals surface area contributed by atoms with E-state index >= 15 is 0 Å². The maximum Gasteiger partial charge on any atom is 0.227 e. The van der Waals surface area contributed by atoms with E-state index < -0.39 is 0 Å². The van der Waals surface area contributed by atoms with Crippen LogP contribution in [0.2, 0.25) is 0 Å². The largest absolute Gasteiger partial charge is 0.435 e. The molecule has 0 saturated carbocycles. The molecule has 45 heavy (non-hydrogen) atoms. The summed E-state index contributed by atoms with van der Waals surface area (Å²) in [5.41, 5.74) is 11.3. The Hall–Kier alpha value is -5.67. The highest BCUT2D eigenvalue weighted by molar-refractivity contribution is 6.18. The van der Waals surface area contributed by atoms with Gasteiger partial charge < -0.3 is 9.32 Å². The van der Waals surface area contributed by atoms with E-state index in [1.807, 2.05) is 30.3 Å². The van der Waals surface area contributed by atoms with Crippen LogP contribution < -0.4 is 4.90 Å². The summed E-state index contributed by atoms with van der Waals surface area (Å²) in [6.07, 6.45) is 0. The van der Waals surface area contributed by atoms with Crippen molar-refractivity contribution in [2.24, 2.45) is 0 Å². The number of benzene rings is 7. The standard InChI is InChI=1S/C42H30N2O/c1-42(2)36-16-10-9-15-33(36)35-26-32(22-23-37(35)42)44(30-13-7-4-8-14-30)31-21-19-27-17-18-28-20-24-38-40(39(28)34(27)25-31)45-41(43-38)29-11-5-3-6-12-29/h3-26H,1-2H3. The van der Waals surface area contributed by atoms with Crippen LogP contribution in [0.3, 0.4) is 0 Å². The van der Waals surface area contributed by atoms with Gasteiger partial charge in [-0.25, -0.2) is 4.98 Å². The molecule has 9 rings (SSSR count). The third-order valence-electron chi connectivity index (χ3n) is 9.46. The van der Waals surface area contributed by atoms with Gasteiger partial charge in [-0.05, 0) is 93.0 Å². The van der Waals surface area contributed by atoms with E-state index in [2.05, 4.69) is 134 Å². The van der Waals surface area contributed by atoms with E-state index in [9.17, 15) is 0 Å². The zero-order valence-corrected chi connectivity index (χ0v) is 25.2. The minimum absolute atomic E-state index is 0.0368. The summed E-state index contributed by atoms with van der Waals surface area (Å²) >= 11 is 0. The fraction of sp³-hybridized carbons (Fsp3) is 0.0714. The smallest absolute Gasteiger partial charge is 0.227 e. The van der Waals surface area contributed by atoms with Crippen molar-refractivity contribution < 1.29 is 4.42 Å². The summed E-state index contributed by atoms with van der Waals surface area (Å²) in [7, 11) is 0. The van der Waals surface area contributed by atoms with Gasteiger partial charge >= 0.3 is 0 Å². The van der Waals surface area contributed by atoms with E-state index in [1.165, 1.54) is 22.3 Å². The first-order valence-electron chi connectivity index (χ1n) is 15.5. The van der Waals surface area contributed by atoms with Crippen molar-refractivity contribution >= 4 is 49.7 Å². The van der Waals surface area contributed by atoms with Gasteiger partial charge in [-0.2, -0.15) is 0 Å². The lowest BCUT2D eigenvalue weighted by Crippen LogP contribution is -2.15. The maximum atomic E-state index is 6.52. The Balaban J connectivity index is 1.27. The molecule has 3 heteroatoms. The molecular formula is C42H30N2O. The van der Waals surface area contributed by atoms with E-state index in [0.29, 0.717) is 5.89 Å². The lowest BCUT2D eigenvalue weighted by Gasteiger charge is -2.27. The predicted octanol–water partition coefficient (Wildman–Crippen LogP) is 11.6. The van der Waals surface area contributed by atoms with Crippen LogP contribution in [0.15, 0.2) is 150 Å². The minimum atomic E-state index is -0.0368. The molecule has 7 aromatic carbocycles. The number of rotatable bonds is 4. The number of aromatic nitrogens is 1. The first-order chi connectivity index (χ1) is 22.1. The van der Waals surface area contributed by atoms with Crippen LogP contribution in [-0.2, 0) is 5.41 Å². The molecule has 1 heterocycles. The van der Waals surface area contributed by atoms with E-state index in [0.717, 1.165) is 55.3 Å². The zero-order valence-electron chi connectivity index (χ0n) is 25.2. The molecule has 0 N–H and O–H groups in total. The van der Waals surface area contributed by atoms with Gasteiger partial charge in [-0.3, -0.25) is 0 Å². The van der Waals surface area contributed by atoms with Gasteiger partial charge in [0, 0.05) is 33.4 Å². The highest BCUT2D eigenvalue weighted by Crippen LogP contribution is 2.50. The Labute approximate surface area is 262 Å². The molecule has 0 radical (unpaired) electrons. The van der Waals surface area contributed by atoms with Crippen LogP contribution in [-0.4, -0.2) is 4.98 Å². The third kappa shape index (κ3) is 3.94. The molecule has 0 bridgehead atoms. The van der Waals surface area contributed by atoms with Crippen molar-refractivity contribution in [3.63, 3.8) is 0 Å². The zero-order chi connectivity index (χ0) is 30.1. The fourth-order valence-corrected chi connectivity index (χ4v) is 7.22. The Morgan fingerprint density at radius 3 is 2.04 bits per heavy atom. The van der Waals surface area contributed by atoms with Gasteiger partial charge in [-0.1, -0.05) is 105 Å². The average Bonchev–Trinajstić information content (AvgIpc) is 3.62. The van der Waals surface area contributed by atoms with Crippen molar-refractivity contribution in [3.05, 3.63) is 157 Å². The second-order valence-corrected chi connectivity index (χ2v) is 12.4. The molecule has 0 unspecified atom stereocenters. The number of hydrogen-bond donors (Lipinski definition) is 0. The van der Waals surface area contributed by atoms with Gasteiger partial charge in [0.05, 0.1) is 0 Å². The number of oxazole rings is 1. The third-order valence-corrected chi connectivity index (χ3v) is 9.46. The van der Waals surface area contributed by atoms with Crippen molar-refractivity contribution in [2.45, 2.75) is 19.3 Å². The average molecular weight is 579 g/mol. The summed E-state index contributed by atoms with van der Waals surface area (Å²) in [5, 5.41) is 4.51. The van der Waals surface area contributed by atoms with Crippen LogP contribution in [0, 0.1) is 0 Å². The first-order valence-corrected chi connectivity index (χ1v) is 15.5. The summed E-state index contributed by atoms with van der Waals surface area (Å²) in [6, 6.07) is 51.9. The van der Waals surface area contributed by atoms with Crippen molar-refractivity contribution in [1.82, 2.24) is 4.98 Å². The highest BCUT2D eigenvalue weighted by Gasteiger charge is 2.35. The van der Waals surface area contributed by atoms with E-state index in [-0.39, 0.29) is 5.41 Å². The van der Waals surface area contributed by atoms with Crippen molar-refractivity contribution in [3.8, 4) is 22.6 Å². The number of para-hydroxylation sites is 1. The second kappa shape index (κ2) is 9.67. The van der Waals surface area contributed by atoms with Crippen LogP contribution in [0.1, 0.15) is 25.0 Å². The number of hydrogen-bond acceptors (Lipinski definition) is 3. The summed E-state index contributed by atoms with van der Waals surface area (Å²) < 4.78 is 6.52. The van der Waals surface area contributed by atoms with Gasteiger partial charge in [0.2, 0.25) is 5.89 Å². The Morgan fingerprint density at radius 1 is 0.556 bits per heavy atom. The van der Waals surface area contributed by atoms with Gasteiger partial charge in [0.25, 0.3) is 0 Å². The number of anilines is 3. The van der Waals surface area contributed by atoms with Crippen LogP contribution in [0.25, 0.3) is 55.2 Å². The number of fused-ring (bicyclic) bond motifs is 8. The topological polar surface area (TPSA) is 29.3 Å². The minimum Gasteiger partial charge on any atom is -0.435 e. The van der Waals surface area contributed by atoms with Crippen molar-refractivity contribution in [1.29, 1.82) is 0 Å². The fourth-order valence-electron chi connectivity index (χ4n) is 7.22. The van der Waals surface area contributed by atoms with Crippen LogP contribution in [0.5, 0.6) is 0 Å². The molecule has 8 aromatic rings. The van der Waals surface area contributed by atoms with E-state index in [1.54, 1.807) is 0 Å². The lowest BCUT2D eigenvalue weighted by atomic mass is 9.82. The number of nitrogens with zero attached hydrogens (tertiary/aromatic N) is 2. The summed E-state index contributed by atoms with van der Waals surface area (Å²) in [6.45, 7) is 4.66. The highest BCUT2D eigenvalue weighted by atomic mass is 16.3. The molecule has 214 valence electrons. The SMILES string of the molecule is CC1(C)c2ccccc2-c2cc(N(c3ccccc3)c3ccc4ccc5ccc6nc(-c7ccccc7)oc6c5c4c3)ccc21. The molecule has 1 aliphatic carbocycles. The lowest BCUT2D eigenvalue weighted by molar-refractivity contribution is 0.623. The monoisotopic (exact) mass is 578 g/mol. The van der Waals surface area contributed by atoms with E-state index in [4.69, 9.17) is 9.40 Å². The molecule has 1 aliphatic rings. The Kier molecular flexibility index (Phi) is 5.54. The quantitative estimate of drug-likeness (QED) is 0.195. The first kappa shape index (κ1) is 25.8. The second-order valence-electron chi connectivity index (χ2n) is 12.4. The maximum absolute atomic E-state index is 6.52. The van der Waals surface area contributed by atoms with Gasteiger partial charge in [0.1, 0.15) is 5.52 Å². The molecule has 0 fully saturated rings. The molecule has 0 saturated heterocycles. The summed E-state index contributed by atoms with van der Waals surface area (Å²) in [5.74, 6) is 0.638. The van der Waals surface area contributed by atoms with Gasteiger partial charge in [0.15, 0.2) is 5.58 Å². The van der Waals surface area contributed by atoms with Crippen LogP contribution in [0.4, 0.5) is 17.1 Å². The Bertz CT molecular complexity index is 2400. The molecular weight excluding hydrogens is 548 g/mol. The van der Waals surface area contributed by atoms with Crippen LogP contribution >= 0.6 is 0 Å². The molecule has 3 nitrogen and oxygen atoms in total. The predicted molar refractivity (Wildman–Crippen MR) is 187 cm³/mol. The Morgan fingerprint density at radius 2 is 1.20 bits per heavy atom. The molecule has 0 spiro atoms. The molecule has 0 atom stereocenters. The van der Waals surface area contributed by atoms with Crippen molar-refractivity contribution in [2.75, 3.05) is 4.90 Å². The normalized spacial score (nSPS) is 13.3. The molecule has 0 aliphatic heterocycles. The molecule has 1 aromatic heterocycles. The van der Waals surface area contributed by atoms with Gasteiger partial charge in [-0.15, -0.1) is 0 Å².